The zero-order chi connectivity index (χ0) is 13.7. The molecule has 1 aromatic rings. The van der Waals surface area contributed by atoms with Crippen LogP contribution >= 0.6 is 0 Å². The van der Waals surface area contributed by atoms with Gasteiger partial charge in [-0.25, -0.2) is 9.97 Å². The standard InChI is InChI=1S/C14H23N5/c1-2-3-11-9-14(19-13(17-11)6-7-15)18-12-5-4-10(16)8-12/h6-7,9-10,12H,2-5,8,15-16H2,1H3,(H,17,18,19)/t10-,12-/m1/s1. The molecule has 5 nitrogen and oxygen atoms in total. The first kappa shape index (κ1) is 13.8. The minimum atomic E-state index is 0.317. The van der Waals surface area contributed by atoms with Gasteiger partial charge >= 0.3 is 0 Å². The van der Waals surface area contributed by atoms with Gasteiger partial charge in [-0.3, -0.25) is 0 Å². The first-order chi connectivity index (χ1) is 9.21. The van der Waals surface area contributed by atoms with E-state index < -0.39 is 0 Å². The molecule has 19 heavy (non-hydrogen) atoms. The molecule has 0 amide bonds. The molecule has 2 rings (SSSR count). The summed E-state index contributed by atoms with van der Waals surface area (Å²) in [5.74, 6) is 1.55. The van der Waals surface area contributed by atoms with Gasteiger partial charge in [0, 0.05) is 23.8 Å². The fourth-order valence-electron chi connectivity index (χ4n) is 2.49. The van der Waals surface area contributed by atoms with Gasteiger partial charge in [0.15, 0.2) is 5.82 Å². The maximum atomic E-state index is 5.93. The van der Waals surface area contributed by atoms with E-state index in [9.17, 15) is 0 Å². The molecule has 5 heteroatoms. The minimum Gasteiger partial charge on any atom is -0.404 e. The third-order valence-corrected chi connectivity index (χ3v) is 3.37. The molecule has 0 bridgehead atoms. The summed E-state index contributed by atoms with van der Waals surface area (Å²) in [6.45, 7) is 2.14. The van der Waals surface area contributed by atoms with Gasteiger partial charge in [-0.1, -0.05) is 13.3 Å². The van der Waals surface area contributed by atoms with Gasteiger partial charge in [0.25, 0.3) is 0 Å². The highest BCUT2D eigenvalue weighted by molar-refractivity contribution is 5.46. The van der Waals surface area contributed by atoms with Crippen LogP contribution in [-0.4, -0.2) is 22.1 Å². The van der Waals surface area contributed by atoms with Crippen LogP contribution in [0, 0.1) is 0 Å². The Morgan fingerprint density at radius 2 is 2.26 bits per heavy atom. The zero-order valence-corrected chi connectivity index (χ0v) is 11.5. The Morgan fingerprint density at radius 3 is 2.89 bits per heavy atom. The fraction of sp³-hybridized carbons (Fsp3) is 0.571. The van der Waals surface area contributed by atoms with Crippen LogP contribution in [0.15, 0.2) is 12.3 Å². The number of hydrogen-bond donors (Lipinski definition) is 3. The van der Waals surface area contributed by atoms with Crippen molar-refractivity contribution in [3.63, 3.8) is 0 Å². The van der Waals surface area contributed by atoms with Gasteiger partial charge in [0.1, 0.15) is 5.82 Å². The SMILES string of the molecule is CCCc1cc(N[C@@H]2CC[C@@H](N)C2)nc(C=CN)n1. The second-order valence-corrected chi connectivity index (χ2v) is 5.13. The molecule has 0 aromatic carbocycles. The number of nitrogens with zero attached hydrogens (tertiary/aromatic N) is 2. The highest BCUT2D eigenvalue weighted by Crippen LogP contribution is 2.21. The molecule has 0 spiro atoms. The lowest BCUT2D eigenvalue weighted by molar-refractivity contribution is 0.686. The van der Waals surface area contributed by atoms with Crippen LogP contribution in [0.2, 0.25) is 0 Å². The summed E-state index contributed by atoms with van der Waals surface area (Å²) in [6, 6.07) is 2.77. The Morgan fingerprint density at radius 1 is 1.42 bits per heavy atom. The minimum absolute atomic E-state index is 0.317. The lowest BCUT2D eigenvalue weighted by atomic mass is 10.2. The Bertz CT molecular complexity index is 443. The number of hydrogen-bond acceptors (Lipinski definition) is 5. The second kappa shape index (κ2) is 6.52. The maximum absolute atomic E-state index is 5.93. The molecule has 1 heterocycles. The lowest BCUT2D eigenvalue weighted by Gasteiger charge is -2.14. The molecule has 0 radical (unpaired) electrons. The van der Waals surface area contributed by atoms with E-state index >= 15 is 0 Å². The Kier molecular flexibility index (Phi) is 4.74. The Labute approximate surface area is 114 Å². The van der Waals surface area contributed by atoms with E-state index in [1.165, 1.54) is 6.20 Å². The van der Waals surface area contributed by atoms with Crippen molar-refractivity contribution < 1.29 is 0 Å². The van der Waals surface area contributed by atoms with E-state index in [0.29, 0.717) is 17.9 Å². The highest BCUT2D eigenvalue weighted by atomic mass is 15.1. The highest BCUT2D eigenvalue weighted by Gasteiger charge is 2.21. The molecule has 0 aliphatic heterocycles. The van der Waals surface area contributed by atoms with E-state index in [1.54, 1.807) is 6.08 Å². The molecule has 1 aliphatic rings. The van der Waals surface area contributed by atoms with Crippen molar-refractivity contribution in [2.45, 2.75) is 51.1 Å². The van der Waals surface area contributed by atoms with Gasteiger partial charge in [-0.05, 0) is 38.0 Å². The van der Waals surface area contributed by atoms with Crippen molar-refractivity contribution in [1.29, 1.82) is 0 Å². The average molecular weight is 261 g/mol. The number of aryl methyl sites for hydroxylation is 1. The normalized spacial score (nSPS) is 23.1. The molecule has 104 valence electrons. The monoisotopic (exact) mass is 261 g/mol. The van der Waals surface area contributed by atoms with Crippen molar-refractivity contribution in [2.24, 2.45) is 11.5 Å². The summed E-state index contributed by atoms with van der Waals surface area (Å²) >= 11 is 0. The summed E-state index contributed by atoms with van der Waals surface area (Å²) in [5.41, 5.74) is 12.4. The molecule has 5 N–H and O–H groups in total. The summed E-state index contributed by atoms with van der Waals surface area (Å²) in [6.07, 6.45) is 8.42. The van der Waals surface area contributed by atoms with Gasteiger partial charge in [0.05, 0.1) is 0 Å². The smallest absolute Gasteiger partial charge is 0.155 e. The summed E-state index contributed by atoms with van der Waals surface area (Å²) in [7, 11) is 0. The predicted octanol–water partition coefficient (Wildman–Crippen LogP) is 1.65. The largest absolute Gasteiger partial charge is 0.404 e. The van der Waals surface area contributed by atoms with E-state index in [-0.39, 0.29) is 0 Å². The molecule has 1 aliphatic carbocycles. The van der Waals surface area contributed by atoms with Gasteiger partial charge in [-0.15, -0.1) is 0 Å². The second-order valence-electron chi connectivity index (χ2n) is 5.13. The molecule has 1 aromatic heterocycles. The number of aromatic nitrogens is 2. The molecular weight excluding hydrogens is 238 g/mol. The summed E-state index contributed by atoms with van der Waals surface area (Å²) in [4.78, 5) is 8.92. The van der Waals surface area contributed by atoms with E-state index in [4.69, 9.17) is 11.5 Å². The quantitative estimate of drug-likeness (QED) is 0.750. The number of nitrogens with two attached hydrogens (primary N) is 2. The third kappa shape index (κ3) is 3.92. The maximum Gasteiger partial charge on any atom is 0.155 e. The van der Waals surface area contributed by atoms with Crippen LogP contribution in [0.4, 0.5) is 5.82 Å². The summed E-state index contributed by atoms with van der Waals surface area (Å²) < 4.78 is 0. The number of anilines is 1. The first-order valence-electron chi connectivity index (χ1n) is 6.99. The predicted molar refractivity (Wildman–Crippen MR) is 78.5 cm³/mol. The van der Waals surface area contributed by atoms with Crippen molar-refractivity contribution in [2.75, 3.05) is 5.32 Å². The Hall–Kier alpha value is -1.62. The van der Waals surface area contributed by atoms with Crippen LogP contribution in [0.5, 0.6) is 0 Å². The Balaban J connectivity index is 2.13. The van der Waals surface area contributed by atoms with E-state index in [2.05, 4.69) is 22.2 Å². The van der Waals surface area contributed by atoms with E-state index in [0.717, 1.165) is 43.6 Å². The average Bonchev–Trinajstić information content (AvgIpc) is 2.75. The van der Waals surface area contributed by atoms with Crippen molar-refractivity contribution in [3.8, 4) is 0 Å². The van der Waals surface area contributed by atoms with Crippen molar-refractivity contribution in [1.82, 2.24) is 9.97 Å². The topological polar surface area (TPSA) is 89.8 Å². The van der Waals surface area contributed by atoms with Crippen LogP contribution in [-0.2, 0) is 6.42 Å². The van der Waals surface area contributed by atoms with Crippen LogP contribution in [0.25, 0.3) is 6.08 Å². The van der Waals surface area contributed by atoms with E-state index in [1.807, 2.05) is 6.07 Å². The summed E-state index contributed by atoms with van der Waals surface area (Å²) in [5, 5.41) is 3.46. The van der Waals surface area contributed by atoms with Crippen LogP contribution in [0.3, 0.4) is 0 Å². The third-order valence-electron chi connectivity index (χ3n) is 3.37. The van der Waals surface area contributed by atoms with Crippen LogP contribution < -0.4 is 16.8 Å². The lowest BCUT2D eigenvalue weighted by Crippen LogP contribution is -2.21. The molecule has 2 atom stereocenters. The van der Waals surface area contributed by atoms with Gasteiger partial charge in [-0.2, -0.15) is 0 Å². The fourth-order valence-corrected chi connectivity index (χ4v) is 2.49. The number of rotatable bonds is 5. The molecule has 0 saturated heterocycles. The first-order valence-corrected chi connectivity index (χ1v) is 6.99. The molecular formula is C14H23N5. The van der Waals surface area contributed by atoms with Gasteiger partial charge in [0.2, 0.25) is 0 Å². The molecule has 1 fully saturated rings. The number of nitrogens with one attached hydrogen (secondary N) is 1. The van der Waals surface area contributed by atoms with Crippen molar-refractivity contribution in [3.05, 3.63) is 23.8 Å². The van der Waals surface area contributed by atoms with Crippen molar-refractivity contribution >= 4 is 11.9 Å². The molecule has 1 saturated carbocycles. The van der Waals surface area contributed by atoms with Gasteiger partial charge < -0.3 is 16.8 Å². The van der Waals surface area contributed by atoms with Crippen LogP contribution in [0.1, 0.15) is 44.1 Å². The molecule has 0 unspecified atom stereocenters. The zero-order valence-electron chi connectivity index (χ0n) is 11.5.